The number of hydrogen-bond acceptors (Lipinski definition) is 5. The predicted molar refractivity (Wildman–Crippen MR) is 69.0 cm³/mol. The van der Waals surface area contributed by atoms with Gasteiger partial charge in [-0.05, 0) is 28.1 Å². The fourth-order valence-corrected chi connectivity index (χ4v) is 1.71. The van der Waals surface area contributed by atoms with Crippen LogP contribution in [0.5, 0.6) is 5.75 Å². The van der Waals surface area contributed by atoms with Crippen LogP contribution < -0.4 is 5.73 Å². The maximum Gasteiger partial charge on any atom is 0.335 e. The Labute approximate surface area is 117 Å². The third-order valence-electron chi connectivity index (χ3n) is 2.13. The van der Waals surface area contributed by atoms with Crippen LogP contribution >= 0.6 is 28.3 Å². The maximum absolute atomic E-state index is 11.2. The summed E-state index contributed by atoms with van der Waals surface area (Å²) in [6, 6.07) is 1.10. The smallest absolute Gasteiger partial charge is 0.335 e. The van der Waals surface area contributed by atoms with Crippen LogP contribution in [0.3, 0.4) is 0 Å². The molecular weight excluding hydrogens is 329 g/mol. The van der Waals surface area contributed by atoms with Gasteiger partial charge in [-0.2, -0.15) is 0 Å². The minimum atomic E-state index is -1.24. The molecule has 0 radical (unpaired) electrons. The van der Waals surface area contributed by atoms with Gasteiger partial charge in [0.25, 0.3) is 0 Å². The molecule has 0 saturated heterocycles. The van der Waals surface area contributed by atoms with Crippen molar-refractivity contribution >= 4 is 40.3 Å². The van der Waals surface area contributed by atoms with Gasteiger partial charge in [-0.15, -0.1) is 12.4 Å². The van der Waals surface area contributed by atoms with Gasteiger partial charge < -0.3 is 20.7 Å². The molecule has 1 rings (SSSR count). The number of esters is 1. The topological polar surface area (TPSA) is 110 Å². The molecule has 1 atom stereocenters. The highest BCUT2D eigenvalue weighted by Gasteiger charge is 2.23. The average Bonchev–Trinajstić information content (AvgIpc) is 2.30. The lowest BCUT2D eigenvalue weighted by molar-refractivity contribution is -0.142. The van der Waals surface area contributed by atoms with E-state index in [2.05, 4.69) is 20.7 Å². The van der Waals surface area contributed by atoms with E-state index in [1.165, 1.54) is 6.07 Å². The summed E-state index contributed by atoms with van der Waals surface area (Å²) >= 11 is 2.98. The van der Waals surface area contributed by atoms with Crippen molar-refractivity contribution < 1.29 is 24.5 Å². The summed E-state index contributed by atoms with van der Waals surface area (Å²) in [7, 11) is 1.15. The van der Waals surface area contributed by atoms with Crippen molar-refractivity contribution in [1.29, 1.82) is 0 Å². The summed E-state index contributed by atoms with van der Waals surface area (Å²) in [5.41, 5.74) is 5.44. The summed E-state index contributed by atoms with van der Waals surface area (Å²) in [5, 5.41) is 18.5. The maximum atomic E-state index is 11.2. The molecule has 18 heavy (non-hydrogen) atoms. The number of benzene rings is 1. The molecule has 4 N–H and O–H groups in total. The number of rotatable bonds is 3. The normalized spacial score (nSPS) is 11.3. The van der Waals surface area contributed by atoms with Gasteiger partial charge in [-0.3, -0.25) is 4.79 Å². The van der Waals surface area contributed by atoms with E-state index in [4.69, 9.17) is 10.8 Å². The fraction of sp³-hybridized carbons (Fsp3) is 0.200. The minimum absolute atomic E-state index is 0. The van der Waals surface area contributed by atoms with Gasteiger partial charge in [0.1, 0.15) is 11.8 Å². The molecule has 0 aliphatic rings. The summed E-state index contributed by atoms with van der Waals surface area (Å²) < 4.78 is 4.57. The van der Waals surface area contributed by atoms with Crippen LogP contribution in [0.2, 0.25) is 0 Å². The number of carboxylic acids is 1. The van der Waals surface area contributed by atoms with E-state index in [0.29, 0.717) is 0 Å². The van der Waals surface area contributed by atoms with E-state index in [-0.39, 0.29) is 33.8 Å². The molecule has 0 saturated carbocycles. The Morgan fingerprint density at radius 1 is 1.44 bits per heavy atom. The summed E-state index contributed by atoms with van der Waals surface area (Å²) in [6.07, 6.45) is 0. The lowest BCUT2D eigenvalue weighted by atomic mass is 10.0. The van der Waals surface area contributed by atoms with E-state index in [1.807, 2.05) is 0 Å². The molecule has 0 aliphatic heterocycles. The van der Waals surface area contributed by atoms with Gasteiger partial charge in [-0.1, -0.05) is 0 Å². The van der Waals surface area contributed by atoms with Crippen molar-refractivity contribution in [2.45, 2.75) is 6.04 Å². The number of phenolic OH excluding ortho intramolecular Hbond substituents is 1. The van der Waals surface area contributed by atoms with Crippen molar-refractivity contribution in [3.05, 3.63) is 27.7 Å². The first-order valence-electron chi connectivity index (χ1n) is 4.47. The molecule has 0 unspecified atom stereocenters. The van der Waals surface area contributed by atoms with Crippen LogP contribution in [0, 0.1) is 0 Å². The largest absolute Gasteiger partial charge is 0.506 e. The van der Waals surface area contributed by atoms with Crippen LogP contribution in [-0.4, -0.2) is 29.3 Å². The van der Waals surface area contributed by atoms with Crippen molar-refractivity contribution in [2.75, 3.05) is 7.11 Å². The van der Waals surface area contributed by atoms with E-state index < -0.39 is 18.0 Å². The summed E-state index contributed by atoms with van der Waals surface area (Å²) in [5.74, 6) is -2.24. The molecule has 0 aromatic heterocycles. The number of halogens is 2. The van der Waals surface area contributed by atoms with Crippen molar-refractivity contribution in [1.82, 2.24) is 0 Å². The number of methoxy groups -OCH3 is 1. The molecule has 0 aliphatic carbocycles. The zero-order chi connectivity index (χ0) is 13.2. The van der Waals surface area contributed by atoms with Crippen molar-refractivity contribution in [2.24, 2.45) is 5.73 Å². The number of ether oxygens (including phenoxy) is 1. The highest BCUT2D eigenvalue weighted by Crippen LogP contribution is 2.33. The highest BCUT2D eigenvalue weighted by atomic mass is 79.9. The Kier molecular flexibility index (Phi) is 6.10. The first-order valence-corrected chi connectivity index (χ1v) is 5.27. The van der Waals surface area contributed by atoms with Gasteiger partial charge in [0.15, 0.2) is 0 Å². The molecule has 0 amide bonds. The quantitative estimate of drug-likeness (QED) is 0.718. The Bertz CT molecular complexity index is 480. The van der Waals surface area contributed by atoms with Crippen LogP contribution in [0.1, 0.15) is 22.0 Å². The van der Waals surface area contributed by atoms with Crippen LogP contribution in [0.25, 0.3) is 0 Å². The van der Waals surface area contributed by atoms with Crippen LogP contribution in [0.4, 0.5) is 0 Å². The minimum Gasteiger partial charge on any atom is -0.506 e. The van der Waals surface area contributed by atoms with Gasteiger partial charge in [0.2, 0.25) is 0 Å². The number of carbonyl (C=O) groups is 2. The number of aromatic hydroxyl groups is 1. The first-order chi connectivity index (χ1) is 7.88. The number of carboxylic acid groups (broad SMARTS) is 1. The number of nitrogens with two attached hydrogens (primary N) is 1. The third-order valence-corrected chi connectivity index (χ3v) is 2.73. The second-order valence-corrected chi connectivity index (χ2v) is 4.06. The molecular formula is C10H11BrClNO5. The number of carbonyl (C=O) groups excluding carboxylic acids is 1. The molecule has 1 aromatic carbocycles. The Morgan fingerprint density at radius 2 is 2.00 bits per heavy atom. The number of phenols is 1. The van der Waals surface area contributed by atoms with Crippen molar-refractivity contribution in [3.63, 3.8) is 0 Å². The molecule has 0 bridgehead atoms. The zero-order valence-electron chi connectivity index (χ0n) is 9.21. The third kappa shape index (κ3) is 3.34. The second kappa shape index (κ2) is 6.58. The van der Waals surface area contributed by atoms with E-state index in [9.17, 15) is 14.7 Å². The fourth-order valence-electron chi connectivity index (χ4n) is 1.23. The highest BCUT2D eigenvalue weighted by molar-refractivity contribution is 9.10. The molecule has 0 spiro atoms. The van der Waals surface area contributed by atoms with E-state index in [1.54, 1.807) is 0 Å². The monoisotopic (exact) mass is 339 g/mol. The molecule has 0 fully saturated rings. The van der Waals surface area contributed by atoms with Gasteiger partial charge in [0.05, 0.1) is 17.1 Å². The van der Waals surface area contributed by atoms with E-state index in [0.717, 1.165) is 13.2 Å². The molecule has 1 aromatic rings. The van der Waals surface area contributed by atoms with Gasteiger partial charge in [-0.25, -0.2) is 4.79 Å². The Hall–Kier alpha value is -1.31. The predicted octanol–water partition coefficient (Wildman–Crippen LogP) is 1.45. The zero-order valence-corrected chi connectivity index (χ0v) is 11.6. The van der Waals surface area contributed by atoms with Gasteiger partial charge in [0, 0.05) is 5.56 Å². The van der Waals surface area contributed by atoms with E-state index >= 15 is 0 Å². The Morgan fingerprint density at radius 3 is 2.44 bits per heavy atom. The molecule has 6 nitrogen and oxygen atoms in total. The van der Waals surface area contributed by atoms with Crippen LogP contribution in [-0.2, 0) is 9.53 Å². The molecule has 0 heterocycles. The standard InChI is InChI=1S/C10H10BrNO5.ClH/c1-17-10(16)7(12)5-2-4(9(14)15)3-6(11)8(5)13;/h2-3,7,13H,12H2,1H3,(H,14,15);1H/t7-;/m0./s1. The SMILES string of the molecule is COC(=O)[C@@H](N)c1cc(C(=O)O)cc(Br)c1O.Cl. The average molecular weight is 341 g/mol. The lowest BCUT2D eigenvalue weighted by Gasteiger charge is -2.13. The Balaban J connectivity index is 0.00000289. The molecule has 100 valence electrons. The lowest BCUT2D eigenvalue weighted by Crippen LogP contribution is -2.23. The first kappa shape index (κ1) is 16.7. The van der Waals surface area contributed by atoms with Crippen molar-refractivity contribution in [3.8, 4) is 5.75 Å². The second-order valence-electron chi connectivity index (χ2n) is 3.20. The molecule has 8 heteroatoms. The number of hydrogen-bond donors (Lipinski definition) is 3. The summed E-state index contributed by atoms with van der Waals surface area (Å²) in [4.78, 5) is 22.1. The van der Waals surface area contributed by atoms with Crippen LogP contribution in [0.15, 0.2) is 16.6 Å². The van der Waals surface area contributed by atoms with Gasteiger partial charge >= 0.3 is 11.9 Å². The summed E-state index contributed by atoms with van der Waals surface area (Å²) in [6.45, 7) is 0. The number of aromatic carboxylic acids is 1.